The number of rotatable bonds is 0. The molecule has 4 rings (SSSR count). The van der Waals surface area contributed by atoms with Gasteiger partial charge in [-0.3, -0.25) is 0 Å². The normalized spacial score (nSPS) is 18.8. The van der Waals surface area contributed by atoms with E-state index in [-0.39, 0.29) is 5.41 Å². The average Bonchev–Trinajstić information content (AvgIpc) is 2.75. The van der Waals surface area contributed by atoms with Gasteiger partial charge < -0.3 is 0 Å². The van der Waals surface area contributed by atoms with E-state index in [4.69, 9.17) is 0 Å². The quantitative estimate of drug-likeness (QED) is 0.667. The number of hydrogen-bond donors (Lipinski definition) is 0. The third-order valence-corrected chi connectivity index (χ3v) is 3.99. The van der Waals surface area contributed by atoms with Gasteiger partial charge in [0.05, 0.1) is 0 Å². The maximum Gasteiger partial charge on any atom is 0.00169 e. The fraction of sp³-hybridized carbons (Fsp3) is 0.158. The van der Waals surface area contributed by atoms with Crippen LogP contribution in [-0.4, -0.2) is 0 Å². The fourth-order valence-electron chi connectivity index (χ4n) is 3.06. The summed E-state index contributed by atoms with van der Waals surface area (Å²) in [5.74, 6) is 0. The summed E-state index contributed by atoms with van der Waals surface area (Å²) in [5.41, 5.74) is 2.87. The van der Waals surface area contributed by atoms with Crippen molar-refractivity contribution in [3.8, 4) is 0 Å². The van der Waals surface area contributed by atoms with Crippen molar-refractivity contribution in [3.05, 3.63) is 70.6 Å². The molecule has 0 bridgehead atoms. The summed E-state index contributed by atoms with van der Waals surface area (Å²) in [6, 6.07) is 13.9. The van der Waals surface area contributed by atoms with Crippen LogP contribution in [0, 0.1) is 11.5 Å². The maximum absolute atomic E-state index is 3.31. The molecule has 0 fully saturated rings. The van der Waals surface area contributed by atoms with Crippen molar-refractivity contribution in [3.63, 3.8) is 0 Å². The van der Waals surface area contributed by atoms with Crippen molar-refractivity contribution in [1.29, 1.82) is 0 Å². The Bertz CT molecular complexity index is 874. The average molecular weight is 243 g/mol. The molecule has 0 heteroatoms. The molecule has 0 aromatic heterocycles. The highest BCUT2D eigenvalue weighted by Crippen LogP contribution is 2.32. The van der Waals surface area contributed by atoms with E-state index in [1.165, 1.54) is 32.4 Å². The predicted molar refractivity (Wildman–Crippen MR) is 80.9 cm³/mol. The lowest BCUT2D eigenvalue weighted by atomic mass is 9.84. The topological polar surface area (TPSA) is 0 Å². The minimum absolute atomic E-state index is 0.152. The molecule has 0 saturated carbocycles. The molecule has 0 aliphatic heterocycles. The second-order valence-corrected chi connectivity index (χ2v) is 5.97. The van der Waals surface area contributed by atoms with Crippen LogP contribution < -0.4 is 10.4 Å². The second-order valence-electron chi connectivity index (χ2n) is 5.97. The van der Waals surface area contributed by atoms with Crippen molar-refractivity contribution in [2.45, 2.75) is 13.8 Å². The van der Waals surface area contributed by atoms with Crippen LogP contribution in [0.1, 0.15) is 13.8 Å². The van der Waals surface area contributed by atoms with Gasteiger partial charge in [-0.2, -0.15) is 0 Å². The second kappa shape index (κ2) is 3.48. The van der Waals surface area contributed by atoms with E-state index >= 15 is 0 Å². The maximum atomic E-state index is 3.31. The fourth-order valence-corrected chi connectivity index (χ4v) is 3.06. The van der Waals surface area contributed by atoms with Crippen molar-refractivity contribution >= 4 is 22.4 Å². The predicted octanol–water partition coefficient (Wildman–Crippen LogP) is 3.11. The van der Waals surface area contributed by atoms with Gasteiger partial charge in [-0.05, 0) is 44.5 Å². The molecule has 0 nitrogen and oxygen atoms in total. The molecule has 1 radical (unpaired) electrons. The van der Waals surface area contributed by atoms with Crippen LogP contribution in [0.3, 0.4) is 0 Å². The van der Waals surface area contributed by atoms with Crippen LogP contribution in [0.15, 0.2) is 54.1 Å². The zero-order valence-corrected chi connectivity index (χ0v) is 11.2. The van der Waals surface area contributed by atoms with Gasteiger partial charge in [0.1, 0.15) is 0 Å². The zero-order chi connectivity index (χ0) is 13.0. The molecule has 0 atom stereocenters. The molecule has 91 valence electrons. The van der Waals surface area contributed by atoms with Crippen LogP contribution in [0.25, 0.3) is 22.4 Å². The Morgan fingerprint density at radius 1 is 1.11 bits per heavy atom. The minimum Gasteiger partial charge on any atom is -0.0744 e. The van der Waals surface area contributed by atoms with Gasteiger partial charge in [0.15, 0.2) is 0 Å². The SMILES string of the molecule is CC1(C)C=CC2=c3ccc4[c]cccc4c3=CC2=C1. The molecule has 2 aliphatic carbocycles. The lowest BCUT2D eigenvalue weighted by molar-refractivity contribution is 0.621. The summed E-state index contributed by atoms with van der Waals surface area (Å²) in [5, 5.41) is 5.19. The Kier molecular flexibility index (Phi) is 1.98. The van der Waals surface area contributed by atoms with E-state index in [2.05, 4.69) is 68.5 Å². The van der Waals surface area contributed by atoms with Crippen molar-refractivity contribution in [1.82, 2.24) is 0 Å². The molecule has 2 aliphatic rings. The highest BCUT2D eigenvalue weighted by Gasteiger charge is 2.20. The number of benzene rings is 2. The number of allylic oxidation sites excluding steroid dienone is 4. The number of hydrogen-bond acceptors (Lipinski definition) is 0. The van der Waals surface area contributed by atoms with Gasteiger partial charge in [-0.15, -0.1) is 0 Å². The summed E-state index contributed by atoms with van der Waals surface area (Å²) in [4.78, 5) is 0. The number of fused-ring (bicyclic) bond motifs is 4. The van der Waals surface area contributed by atoms with Crippen LogP contribution in [0.4, 0.5) is 0 Å². The summed E-state index contributed by atoms with van der Waals surface area (Å²) in [7, 11) is 0. The molecule has 0 heterocycles. The standard InChI is InChI=1S/C19H15/c1-19(2)10-9-16-14(12-19)11-18-15-6-4-3-5-13(15)7-8-17(16)18/h3-4,6-12H,1-2H3. The van der Waals surface area contributed by atoms with Gasteiger partial charge in [-0.1, -0.05) is 62.4 Å². The first-order chi connectivity index (χ1) is 9.14. The third-order valence-electron chi connectivity index (χ3n) is 3.99. The van der Waals surface area contributed by atoms with Gasteiger partial charge in [-0.25, -0.2) is 0 Å². The third kappa shape index (κ3) is 1.53. The van der Waals surface area contributed by atoms with E-state index in [9.17, 15) is 0 Å². The first-order valence-electron chi connectivity index (χ1n) is 6.72. The zero-order valence-electron chi connectivity index (χ0n) is 11.2. The van der Waals surface area contributed by atoms with E-state index in [1.54, 1.807) is 0 Å². The molecular weight excluding hydrogens is 228 g/mol. The van der Waals surface area contributed by atoms with E-state index in [0.29, 0.717) is 0 Å². The Morgan fingerprint density at radius 3 is 2.89 bits per heavy atom. The molecule has 0 saturated heterocycles. The summed E-state index contributed by atoms with van der Waals surface area (Å²) < 4.78 is 0. The molecule has 0 unspecified atom stereocenters. The van der Waals surface area contributed by atoms with Gasteiger partial charge in [0, 0.05) is 5.41 Å². The van der Waals surface area contributed by atoms with Crippen molar-refractivity contribution in [2.75, 3.05) is 0 Å². The molecule has 0 N–H and O–H groups in total. The highest BCUT2D eigenvalue weighted by atomic mass is 14.2. The molecule has 2 aromatic carbocycles. The van der Waals surface area contributed by atoms with E-state index < -0.39 is 0 Å². The molecule has 0 spiro atoms. The lowest BCUT2D eigenvalue weighted by Crippen LogP contribution is -2.23. The van der Waals surface area contributed by atoms with Crippen LogP contribution >= 0.6 is 0 Å². The molecule has 0 amide bonds. The summed E-state index contributed by atoms with van der Waals surface area (Å²) in [6.45, 7) is 4.49. The minimum atomic E-state index is 0.152. The first kappa shape index (κ1) is 10.8. The Morgan fingerprint density at radius 2 is 2.00 bits per heavy atom. The van der Waals surface area contributed by atoms with Gasteiger partial charge >= 0.3 is 0 Å². The van der Waals surface area contributed by atoms with E-state index in [0.717, 1.165) is 0 Å². The molecule has 2 aromatic rings. The first-order valence-corrected chi connectivity index (χ1v) is 6.72. The van der Waals surface area contributed by atoms with Crippen LogP contribution in [0.2, 0.25) is 0 Å². The Labute approximate surface area is 113 Å². The highest BCUT2D eigenvalue weighted by molar-refractivity contribution is 5.94. The van der Waals surface area contributed by atoms with E-state index in [1.807, 2.05) is 6.07 Å². The Balaban J connectivity index is 2.17. The van der Waals surface area contributed by atoms with Gasteiger partial charge in [0.2, 0.25) is 0 Å². The summed E-state index contributed by atoms with van der Waals surface area (Å²) in [6.07, 6.45) is 9.25. The smallest absolute Gasteiger partial charge is 0.00169 e. The summed E-state index contributed by atoms with van der Waals surface area (Å²) >= 11 is 0. The van der Waals surface area contributed by atoms with Crippen LogP contribution in [0.5, 0.6) is 0 Å². The van der Waals surface area contributed by atoms with Crippen LogP contribution in [-0.2, 0) is 0 Å². The largest absolute Gasteiger partial charge is 0.0744 e. The van der Waals surface area contributed by atoms with Crippen molar-refractivity contribution in [2.24, 2.45) is 5.41 Å². The Hall–Kier alpha value is -2.08. The van der Waals surface area contributed by atoms with Gasteiger partial charge in [0.25, 0.3) is 0 Å². The lowest BCUT2D eigenvalue weighted by Gasteiger charge is -2.21. The monoisotopic (exact) mass is 243 g/mol. The van der Waals surface area contributed by atoms with Crippen molar-refractivity contribution < 1.29 is 0 Å². The molecule has 19 heavy (non-hydrogen) atoms. The molecular formula is C19H15.